The van der Waals surface area contributed by atoms with E-state index in [0.717, 1.165) is 13.1 Å². The molecule has 1 heterocycles. The Morgan fingerprint density at radius 1 is 1.67 bits per heavy atom. The van der Waals surface area contributed by atoms with Gasteiger partial charge in [0.2, 0.25) is 0 Å². The SMILES string of the molecule is CC(C)C1CNCCC1(O)C#N. The van der Waals surface area contributed by atoms with E-state index in [-0.39, 0.29) is 5.92 Å². The number of nitriles is 1. The molecule has 0 saturated carbocycles. The van der Waals surface area contributed by atoms with Crippen molar-refractivity contribution in [3.63, 3.8) is 0 Å². The molecular formula is C9H16N2O. The summed E-state index contributed by atoms with van der Waals surface area (Å²) < 4.78 is 0. The van der Waals surface area contributed by atoms with Gasteiger partial charge in [0.15, 0.2) is 5.60 Å². The van der Waals surface area contributed by atoms with Gasteiger partial charge >= 0.3 is 0 Å². The Morgan fingerprint density at radius 3 is 2.75 bits per heavy atom. The van der Waals surface area contributed by atoms with Crippen molar-refractivity contribution >= 4 is 0 Å². The van der Waals surface area contributed by atoms with Crippen LogP contribution in [0.25, 0.3) is 0 Å². The van der Waals surface area contributed by atoms with E-state index < -0.39 is 5.60 Å². The first-order valence-electron chi connectivity index (χ1n) is 4.44. The minimum absolute atomic E-state index is 0.0660. The number of piperidine rings is 1. The largest absolute Gasteiger partial charge is 0.375 e. The second-order valence-electron chi connectivity index (χ2n) is 3.84. The number of hydrogen-bond donors (Lipinski definition) is 2. The van der Waals surface area contributed by atoms with Crippen molar-refractivity contribution in [2.75, 3.05) is 13.1 Å². The molecule has 68 valence electrons. The molecule has 1 aliphatic rings. The average Bonchev–Trinajstić information content (AvgIpc) is 2.05. The Kier molecular flexibility index (Phi) is 2.71. The molecule has 0 aromatic heterocycles. The monoisotopic (exact) mass is 168 g/mol. The van der Waals surface area contributed by atoms with Crippen LogP contribution in [-0.4, -0.2) is 23.8 Å². The zero-order chi connectivity index (χ0) is 9.19. The van der Waals surface area contributed by atoms with Gasteiger partial charge in [-0.3, -0.25) is 0 Å². The van der Waals surface area contributed by atoms with Gasteiger partial charge in [-0.1, -0.05) is 13.8 Å². The standard InChI is InChI=1S/C9H16N2O/c1-7(2)8-5-11-4-3-9(8,12)6-10/h7-8,11-12H,3-5H2,1-2H3. The second kappa shape index (κ2) is 3.42. The van der Waals surface area contributed by atoms with Crippen LogP contribution in [0.2, 0.25) is 0 Å². The summed E-state index contributed by atoms with van der Waals surface area (Å²) in [5, 5.41) is 21.9. The molecule has 0 aromatic rings. The Labute approximate surface area is 73.4 Å². The Balaban J connectivity index is 2.75. The zero-order valence-electron chi connectivity index (χ0n) is 7.67. The maximum absolute atomic E-state index is 9.91. The Hall–Kier alpha value is -0.590. The summed E-state index contributed by atoms with van der Waals surface area (Å²) in [6, 6.07) is 2.03. The molecule has 1 saturated heterocycles. The van der Waals surface area contributed by atoms with Crippen LogP contribution in [0.5, 0.6) is 0 Å². The lowest BCUT2D eigenvalue weighted by Crippen LogP contribution is -2.51. The molecule has 2 unspecified atom stereocenters. The van der Waals surface area contributed by atoms with E-state index in [1.807, 2.05) is 19.9 Å². The van der Waals surface area contributed by atoms with Gasteiger partial charge in [-0.2, -0.15) is 5.26 Å². The first-order chi connectivity index (χ1) is 5.60. The van der Waals surface area contributed by atoms with E-state index in [1.54, 1.807) is 0 Å². The molecule has 1 fully saturated rings. The fourth-order valence-corrected chi connectivity index (χ4v) is 1.82. The average molecular weight is 168 g/mol. The highest BCUT2D eigenvalue weighted by Gasteiger charge is 2.40. The van der Waals surface area contributed by atoms with Crippen LogP contribution in [0.4, 0.5) is 0 Å². The van der Waals surface area contributed by atoms with E-state index in [9.17, 15) is 5.11 Å². The van der Waals surface area contributed by atoms with Gasteiger partial charge < -0.3 is 10.4 Å². The van der Waals surface area contributed by atoms with Gasteiger partial charge in [0.05, 0.1) is 6.07 Å². The summed E-state index contributed by atoms with van der Waals surface area (Å²) in [7, 11) is 0. The highest BCUT2D eigenvalue weighted by atomic mass is 16.3. The van der Waals surface area contributed by atoms with Gasteiger partial charge in [0.1, 0.15) is 0 Å². The first kappa shape index (κ1) is 9.50. The van der Waals surface area contributed by atoms with E-state index in [2.05, 4.69) is 5.32 Å². The van der Waals surface area contributed by atoms with Crippen molar-refractivity contribution in [3.8, 4) is 6.07 Å². The molecule has 0 aromatic carbocycles. The van der Waals surface area contributed by atoms with Gasteiger partial charge in [-0.05, 0) is 12.5 Å². The summed E-state index contributed by atoms with van der Waals surface area (Å²) in [5.41, 5.74) is -1.10. The second-order valence-corrected chi connectivity index (χ2v) is 3.84. The summed E-state index contributed by atoms with van der Waals surface area (Å²) in [6.45, 7) is 5.58. The number of nitrogens with one attached hydrogen (secondary N) is 1. The maximum Gasteiger partial charge on any atom is 0.156 e. The van der Waals surface area contributed by atoms with Crippen molar-refractivity contribution in [1.82, 2.24) is 5.32 Å². The topological polar surface area (TPSA) is 56.0 Å². The lowest BCUT2D eigenvalue weighted by molar-refractivity contribution is -0.00923. The highest BCUT2D eigenvalue weighted by Crippen LogP contribution is 2.29. The van der Waals surface area contributed by atoms with Crippen molar-refractivity contribution < 1.29 is 5.11 Å². The highest BCUT2D eigenvalue weighted by molar-refractivity contribution is 5.08. The van der Waals surface area contributed by atoms with Gasteiger partial charge in [-0.25, -0.2) is 0 Å². The lowest BCUT2D eigenvalue weighted by Gasteiger charge is -2.37. The summed E-state index contributed by atoms with van der Waals surface area (Å²) in [4.78, 5) is 0. The third kappa shape index (κ3) is 1.60. The Morgan fingerprint density at radius 2 is 2.33 bits per heavy atom. The first-order valence-corrected chi connectivity index (χ1v) is 4.44. The predicted octanol–water partition coefficient (Wildman–Crippen LogP) is 0.507. The van der Waals surface area contributed by atoms with Crippen molar-refractivity contribution in [2.45, 2.75) is 25.9 Å². The summed E-state index contributed by atoms with van der Waals surface area (Å²) >= 11 is 0. The molecule has 1 rings (SSSR count). The summed E-state index contributed by atoms with van der Waals surface area (Å²) in [5.74, 6) is 0.415. The summed E-state index contributed by atoms with van der Waals surface area (Å²) in [6.07, 6.45) is 0.548. The molecule has 3 nitrogen and oxygen atoms in total. The van der Waals surface area contributed by atoms with Crippen LogP contribution < -0.4 is 5.32 Å². The van der Waals surface area contributed by atoms with Gasteiger partial charge in [0.25, 0.3) is 0 Å². The maximum atomic E-state index is 9.91. The molecule has 3 heteroatoms. The van der Waals surface area contributed by atoms with E-state index >= 15 is 0 Å². The Bertz CT molecular complexity index is 197. The van der Waals surface area contributed by atoms with E-state index in [4.69, 9.17) is 5.26 Å². The molecule has 0 aliphatic carbocycles. The predicted molar refractivity (Wildman–Crippen MR) is 46.4 cm³/mol. The molecule has 0 amide bonds. The van der Waals surface area contributed by atoms with E-state index in [0.29, 0.717) is 12.3 Å². The molecule has 1 aliphatic heterocycles. The van der Waals surface area contributed by atoms with Crippen LogP contribution in [0.1, 0.15) is 20.3 Å². The normalized spacial score (nSPS) is 36.4. The number of aliphatic hydroxyl groups is 1. The molecule has 0 spiro atoms. The molecule has 0 bridgehead atoms. The smallest absolute Gasteiger partial charge is 0.156 e. The number of nitrogens with zero attached hydrogens (tertiary/aromatic N) is 1. The van der Waals surface area contributed by atoms with E-state index in [1.165, 1.54) is 0 Å². The zero-order valence-corrected chi connectivity index (χ0v) is 7.67. The van der Waals surface area contributed by atoms with Crippen LogP contribution >= 0.6 is 0 Å². The molecular weight excluding hydrogens is 152 g/mol. The molecule has 0 radical (unpaired) electrons. The van der Waals surface area contributed by atoms with Crippen LogP contribution in [-0.2, 0) is 0 Å². The third-order valence-electron chi connectivity index (χ3n) is 2.66. The van der Waals surface area contributed by atoms with Crippen molar-refractivity contribution in [2.24, 2.45) is 11.8 Å². The molecule has 2 N–H and O–H groups in total. The number of rotatable bonds is 1. The van der Waals surface area contributed by atoms with Crippen molar-refractivity contribution in [1.29, 1.82) is 5.26 Å². The van der Waals surface area contributed by atoms with Crippen LogP contribution in [0, 0.1) is 23.2 Å². The van der Waals surface area contributed by atoms with Crippen LogP contribution in [0.15, 0.2) is 0 Å². The fraction of sp³-hybridized carbons (Fsp3) is 0.889. The minimum atomic E-state index is -1.10. The minimum Gasteiger partial charge on any atom is -0.375 e. The fourth-order valence-electron chi connectivity index (χ4n) is 1.82. The lowest BCUT2D eigenvalue weighted by atomic mass is 9.76. The third-order valence-corrected chi connectivity index (χ3v) is 2.66. The van der Waals surface area contributed by atoms with Crippen molar-refractivity contribution in [3.05, 3.63) is 0 Å². The molecule has 12 heavy (non-hydrogen) atoms. The van der Waals surface area contributed by atoms with Crippen LogP contribution in [0.3, 0.4) is 0 Å². The quantitative estimate of drug-likeness (QED) is 0.561. The molecule has 2 atom stereocenters. The van der Waals surface area contributed by atoms with Gasteiger partial charge in [0, 0.05) is 18.9 Å². The number of hydrogen-bond acceptors (Lipinski definition) is 3. The van der Waals surface area contributed by atoms with Gasteiger partial charge in [-0.15, -0.1) is 0 Å².